The quantitative estimate of drug-likeness (QED) is 0.875. The summed E-state index contributed by atoms with van der Waals surface area (Å²) in [7, 11) is 1.64. The Kier molecular flexibility index (Phi) is 4.55. The second-order valence-electron chi connectivity index (χ2n) is 7.20. The number of carbonyl (C=O) groups excluding carboxylic acids is 1. The van der Waals surface area contributed by atoms with Crippen LogP contribution in [0.2, 0.25) is 0 Å². The topological polar surface area (TPSA) is 85.4 Å². The number of urea groups is 1. The van der Waals surface area contributed by atoms with Gasteiger partial charge in [-0.15, -0.1) is 0 Å². The molecule has 2 aliphatic rings. The van der Waals surface area contributed by atoms with Gasteiger partial charge in [0.05, 0.1) is 13.3 Å². The average Bonchev–Trinajstić information content (AvgIpc) is 3.20. The summed E-state index contributed by atoms with van der Waals surface area (Å²) in [6, 6.07) is 7.95. The van der Waals surface area contributed by atoms with Crippen molar-refractivity contribution in [2.75, 3.05) is 20.2 Å². The molecule has 1 aromatic heterocycles. The Bertz CT molecular complexity index is 776. The number of nitrogens with one attached hydrogen (secondary N) is 1. The van der Waals surface area contributed by atoms with Crippen molar-refractivity contribution in [2.24, 2.45) is 17.6 Å². The number of benzene rings is 1. The number of hydrogen-bond acceptors (Lipinski definition) is 4. The molecule has 7 nitrogen and oxygen atoms in total. The van der Waals surface area contributed by atoms with E-state index in [0.29, 0.717) is 18.4 Å². The molecule has 3 atom stereocenters. The third-order valence-electron chi connectivity index (χ3n) is 5.61. The third kappa shape index (κ3) is 3.14. The van der Waals surface area contributed by atoms with Gasteiger partial charge in [0.25, 0.3) is 0 Å². The van der Waals surface area contributed by atoms with E-state index in [4.69, 9.17) is 10.5 Å². The lowest BCUT2D eigenvalue weighted by Gasteiger charge is -2.36. The first-order valence-corrected chi connectivity index (χ1v) is 9.11. The summed E-state index contributed by atoms with van der Waals surface area (Å²) >= 11 is 0. The van der Waals surface area contributed by atoms with Crippen LogP contribution in [0.15, 0.2) is 36.7 Å². The van der Waals surface area contributed by atoms with Crippen molar-refractivity contribution in [3.8, 4) is 11.4 Å². The Balaban J connectivity index is 1.37. The zero-order valence-electron chi connectivity index (χ0n) is 15.0. The zero-order valence-corrected chi connectivity index (χ0v) is 15.0. The SMILES string of the molecule is COc1ccccc1-n1cc(CNC(=O)N2C[C@H]3CC[C@@H](C2)C3N)cn1. The molecule has 4 rings (SSSR count). The molecule has 0 spiro atoms. The van der Waals surface area contributed by atoms with Gasteiger partial charge in [-0.05, 0) is 36.8 Å². The van der Waals surface area contributed by atoms with Gasteiger partial charge in [0.1, 0.15) is 11.4 Å². The zero-order chi connectivity index (χ0) is 18.1. The smallest absolute Gasteiger partial charge is 0.317 e. The Hall–Kier alpha value is -2.54. The van der Waals surface area contributed by atoms with Crippen LogP contribution in [0, 0.1) is 11.8 Å². The highest BCUT2D eigenvalue weighted by Crippen LogP contribution is 2.35. The molecule has 1 unspecified atom stereocenters. The lowest BCUT2D eigenvalue weighted by molar-refractivity contribution is 0.150. The highest BCUT2D eigenvalue weighted by atomic mass is 16.5. The standard InChI is InChI=1S/C19H25N5O2/c1-26-17-5-3-2-4-16(17)24-10-13(9-22-24)8-21-19(25)23-11-14-6-7-15(12-23)18(14)20/h2-5,9-10,14-15,18H,6-8,11-12,20H2,1H3,(H,21,25)/t14-,15+,18?. The molecular weight excluding hydrogens is 330 g/mol. The van der Waals surface area contributed by atoms with Crippen LogP contribution in [0.3, 0.4) is 0 Å². The Labute approximate surface area is 153 Å². The van der Waals surface area contributed by atoms with Crippen LogP contribution >= 0.6 is 0 Å². The fraction of sp³-hybridized carbons (Fsp3) is 0.474. The number of nitrogens with two attached hydrogens (primary N) is 1. The van der Waals surface area contributed by atoms with Crippen molar-refractivity contribution in [1.82, 2.24) is 20.0 Å². The maximum Gasteiger partial charge on any atom is 0.317 e. The molecule has 2 amide bonds. The summed E-state index contributed by atoms with van der Waals surface area (Å²) in [5, 5.41) is 7.39. The van der Waals surface area contributed by atoms with E-state index in [0.717, 1.165) is 42.9 Å². The van der Waals surface area contributed by atoms with Gasteiger partial charge in [-0.1, -0.05) is 12.1 Å². The lowest BCUT2D eigenvalue weighted by Crippen LogP contribution is -2.53. The van der Waals surface area contributed by atoms with Crippen LogP contribution in [-0.4, -0.2) is 47.0 Å². The molecule has 2 heterocycles. The molecule has 2 bridgehead atoms. The molecule has 2 fully saturated rings. The van der Waals surface area contributed by atoms with E-state index in [-0.39, 0.29) is 12.1 Å². The molecule has 3 N–H and O–H groups in total. The number of ether oxygens (including phenoxy) is 1. The number of piperidine rings is 1. The molecular formula is C19H25N5O2. The highest BCUT2D eigenvalue weighted by Gasteiger charge is 2.41. The highest BCUT2D eigenvalue weighted by molar-refractivity contribution is 5.74. The van der Waals surface area contributed by atoms with E-state index in [9.17, 15) is 4.79 Å². The molecule has 1 aliphatic carbocycles. The fourth-order valence-corrected chi connectivity index (χ4v) is 4.12. The Morgan fingerprint density at radius 3 is 2.77 bits per heavy atom. The number of nitrogens with zero attached hydrogens (tertiary/aromatic N) is 3. The number of methoxy groups -OCH3 is 1. The van der Waals surface area contributed by atoms with Crippen LogP contribution in [0.25, 0.3) is 5.69 Å². The molecule has 0 radical (unpaired) electrons. The number of amides is 2. The predicted molar refractivity (Wildman–Crippen MR) is 98.1 cm³/mol. The van der Waals surface area contributed by atoms with Gasteiger partial charge in [-0.3, -0.25) is 0 Å². The minimum Gasteiger partial charge on any atom is -0.494 e. The van der Waals surface area contributed by atoms with Gasteiger partial charge in [-0.2, -0.15) is 5.10 Å². The Morgan fingerprint density at radius 1 is 1.31 bits per heavy atom. The van der Waals surface area contributed by atoms with Gasteiger partial charge in [0.15, 0.2) is 0 Å². The second-order valence-corrected chi connectivity index (χ2v) is 7.20. The maximum atomic E-state index is 12.5. The lowest BCUT2D eigenvalue weighted by atomic mass is 9.93. The number of hydrogen-bond donors (Lipinski definition) is 2. The van der Waals surface area contributed by atoms with Gasteiger partial charge in [-0.25, -0.2) is 9.48 Å². The first-order chi connectivity index (χ1) is 12.7. The van der Waals surface area contributed by atoms with Crippen LogP contribution in [-0.2, 0) is 6.54 Å². The average molecular weight is 355 g/mol. The molecule has 1 saturated heterocycles. The fourth-order valence-electron chi connectivity index (χ4n) is 4.12. The Morgan fingerprint density at radius 2 is 2.04 bits per heavy atom. The summed E-state index contributed by atoms with van der Waals surface area (Å²) < 4.78 is 7.14. The number of likely N-dealkylation sites (tertiary alicyclic amines) is 1. The van der Waals surface area contributed by atoms with E-state index in [2.05, 4.69) is 10.4 Å². The number of para-hydroxylation sites is 2. The van der Waals surface area contributed by atoms with Gasteiger partial charge >= 0.3 is 6.03 Å². The maximum absolute atomic E-state index is 12.5. The van der Waals surface area contributed by atoms with E-state index in [1.165, 1.54) is 0 Å². The van der Waals surface area contributed by atoms with Crippen LogP contribution < -0.4 is 15.8 Å². The van der Waals surface area contributed by atoms with Gasteiger partial charge in [0, 0.05) is 37.4 Å². The minimum absolute atomic E-state index is 0.0150. The van der Waals surface area contributed by atoms with Crippen molar-refractivity contribution in [2.45, 2.75) is 25.4 Å². The third-order valence-corrected chi connectivity index (χ3v) is 5.61. The number of carbonyl (C=O) groups is 1. The molecule has 1 aliphatic heterocycles. The number of rotatable bonds is 4. The van der Waals surface area contributed by atoms with E-state index in [1.807, 2.05) is 35.4 Å². The monoisotopic (exact) mass is 355 g/mol. The largest absolute Gasteiger partial charge is 0.494 e. The van der Waals surface area contributed by atoms with Crippen molar-refractivity contribution in [3.05, 3.63) is 42.2 Å². The second kappa shape index (κ2) is 6.99. The molecule has 2 aromatic rings. The normalized spacial score (nSPS) is 24.5. The van der Waals surface area contributed by atoms with Crippen LogP contribution in [0.5, 0.6) is 5.75 Å². The minimum atomic E-state index is -0.0150. The number of aromatic nitrogens is 2. The van der Waals surface area contributed by atoms with Crippen LogP contribution in [0.1, 0.15) is 18.4 Å². The van der Waals surface area contributed by atoms with Crippen molar-refractivity contribution in [1.29, 1.82) is 0 Å². The van der Waals surface area contributed by atoms with Crippen molar-refractivity contribution >= 4 is 6.03 Å². The molecule has 1 aromatic carbocycles. The first-order valence-electron chi connectivity index (χ1n) is 9.11. The molecule has 26 heavy (non-hydrogen) atoms. The molecule has 7 heteroatoms. The summed E-state index contributed by atoms with van der Waals surface area (Å²) in [6.07, 6.45) is 5.96. The van der Waals surface area contributed by atoms with Crippen molar-refractivity contribution < 1.29 is 9.53 Å². The van der Waals surface area contributed by atoms with E-state index in [1.54, 1.807) is 18.0 Å². The summed E-state index contributed by atoms with van der Waals surface area (Å²) in [4.78, 5) is 14.4. The summed E-state index contributed by atoms with van der Waals surface area (Å²) in [6.45, 7) is 1.99. The molecule has 1 saturated carbocycles. The van der Waals surface area contributed by atoms with E-state index >= 15 is 0 Å². The first kappa shape index (κ1) is 16.9. The van der Waals surface area contributed by atoms with Gasteiger partial charge in [0.2, 0.25) is 0 Å². The molecule has 138 valence electrons. The van der Waals surface area contributed by atoms with Crippen molar-refractivity contribution in [3.63, 3.8) is 0 Å². The number of fused-ring (bicyclic) bond motifs is 2. The predicted octanol–water partition coefficient (Wildman–Crippen LogP) is 1.76. The summed E-state index contributed by atoms with van der Waals surface area (Å²) in [5.74, 6) is 1.66. The summed E-state index contributed by atoms with van der Waals surface area (Å²) in [5.41, 5.74) is 8.03. The van der Waals surface area contributed by atoms with E-state index < -0.39 is 0 Å². The van der Waals surface area contributed by atoms with Gasteiger partial charge < -0.3 is 20.7 Å². The van der Waals surface area contributed by atoms with Crippen LogP contribution in [0.4, 0.5) is 4.79 Å².